The summed E-state index contributed by atoms with van der Waals surface area (Å²) in [5.74, 6) is 0.0593. The molecule has 4 heteroatoms. The minimum absolute atomic E-state index is 0.0593. The molecule has 104 valence electrons. The fraction of sp³-hybridized carbons (Fsp3) is 0.533. The third-order valence-corrected chi connectivity index (χ3v) is 6.25. The highest BCUT2D eigenvalue weighted by Crippen LogP contribution is 2.38. The number of thioether (sulfide) groups is 1. The van der Waals surface area contributed by atoms with Gasteiger partial charge in [-0.2, -0.15) is 11.8 Å². The summed E-state index contributed by atoms with van der Waals surface area (Å²) in [6, 6.07) is 7.75. The highest BCUT2D eigenvalue weighted by atomic mass is 127. The standard InChI is InChI=1S/C15H20INOS/c1-19-15(9-5-2-6-10-15)11-17-14(18)12-7-3-4-8-13(12)16/h3-4,7-8H,2,5-6,9-11H2,1H3,(H,17,18). The summed E-state index contributed by atoms with van der Waals surface area (Å²) < 4.78 is 1.27. The van der Waals surface area contributed by atoms with Crippen molar-refractivity contribution in [2.24, 2.45) is 0 Å². The first-order valence-electron chi connectivity index (χ1n) is 6.75. The molecule has 0 radical (unpaired) electrons. The highest BCUT2D eigenvalue weighted by molar-refractivity contribution is 14.1. The molecule has 0 aromatic heterocycles. The predicted molar refractivity (Wildman–Crippen MR) is 90.8 cm³/mol. The Balaban J connectivity index is 1.98. The summed E-state index contributed by atoms with van der Waals surface area (Å²) in [5.41, 5.74) is 0.787. The van der Waals surface area contributed by atoms with E-state index in [-0.39, 0.29) is 10.7 Å². The van der Waals surface area contributed by atoms with Gasteiger partial charge in [0.15, 0.2) is 0 Å². The lowest BCUT2D eigenvalue weighted by atomic mass is 9.88. The molecular formula is C15H20INOS. The van der Waals surface area contributed by atoms with E-state index in [1.807, 2.05) is 36.0 Å². The Bertz CT molecular complexity index is 444. The second-order valence-electron chi connectivity index (χ2n) is 5.11. The SMILES string of the molecule is CSC1(CNC(=O)c2ccccc2I)CCCCC1. The van der Waals surface area contributed by atoms with Crippen LogP contribution in [-0.4, -0.2) is 23.5 Å². The molecule has 0 bridgehead atoms. The first kappa shape index (κ1) is 15.2. The van der Waals surface area contributed by atoms with E-state index in [1.54, 1.807) is 0 Å². The van der Waals surface area contributed by atoms with Crippen molar-refractivity contribution in [3.63, 3.8) is 0 Å². The smallest absolute Gasteiger partial charge is 0.252 e. The average Bonchev–Trinajstić information content (AvgIpc) is 2.46. The molecule has 0 saturated heterocycles. The van der Waals surface area contributed by atoms with Gasteiger partial charge in [-0.3, -0.25) is 4.79 Å². The number of benzene rings is 1. The Labute approximate surface area is 133 Å². The Kier molecular flexibility index (Phi) is 5.57. The molecular weight excluding hydrogens is 369 g/mol. The van der Waals surface area contributed by atoms with Crippen molar-refractivity contribution in [3.8, 4) is 0 Å². The number of nitrogens with one attached hydrogen (secondary N) is 1. The molecule has 1 aromatic rings. The van der Waals surface area contributed by atoms with Crippen molar-refractivity contribution in [2.45, 2.75) is 36.9 Å². The molecule has 1 amide bonds. The maximum absolute atomic E-state index is 12.2. The van der Waals surface area contributed by atoms with E-state index < -0.39 is 0 Å². The lowest BCUT2D eigenvalue weighted by molar-refractivity contribution is 0.0946. The molecule has 0 aliphatic heterocycles. The topological polar surface area (TPSA) is 29.1 Å². The molecule has 1 fully saturated rings. The largest absolute Gasteiger partial charge is 0.351 e. The first-order chi connectivity index (χ1) is 9.17. The summed E-state index contributed by atoms with van der Waals surface area (Å²) >= 11 is 4.13. The number of rotatable bonds is 4. The highest BCUT2D eigenvalue weighted by Gasteiger charge is 2.31. The van der Waals surface area contributed by atoms with Crippen LogP contribution in [0, 0.1) is 3.57 Å². The van der Waals surface area contributed by atoms with Gasteiger partial charge in [-0.25, -0.2) is 0 Å². The van der Waals surface area contributed by atoms with Crippen molar-refractivity contribution < 1.29 is 4.79 Å². The van der Waals surface area contributed by atoms with E-state index in [2.05, 4.69) is 34.2 Å². The van der Waals surface area contributed by atoms with Crippen LogP contribution in [0.4, 0.5) is 0 Å². The molecule has 2 rings (SSSR count). The minimum Gasteiger partial charge on any atom is -0.351 e. The Hall–Kier alpha value is -0.230. The van der Waals surface area contributed by atoms with Gasteiger partial charge < -0.3 is 5.32 Å². The zero-order chi connectivity index (χ0) is 13.7. The Morgan fingerprint density at radius 2 is 2.00 bits per heavy atom. The molecule has 1 aromatic carbocycles. The van der Waals surface area contributed by atoms with Crippen molar-refractivity contribution in [2.75, 3.05) is 12.8 Å². The zero-order valence-corrected chi connectivity index (χ0v) is 14.2. The van der Waals surface area contributed by atoms with Crippen LogP contribution in [0.15, 0.2) is 24.3 Å². The second kappa shape index (κ2) is 6.97. The maximum Gasteiger partial charge on any atom is 0.252 e. The van der Waals surface area contributed by atoms with E-state index in [4.69, 9.17) is 0 Å². The fourth-order valence-corrected chi connectivity index (χ4v) is 4.18. The lowest BCUT2D eigenvalue weighted by Crippen LogP contribution is -2.41. The van der Waals surface area contributed by atoms with Crippen molar-refractivity contribution in [1.82, 2.24) is 5.32 Å². The lowest BCUT2D eigenvalue weighted by Gasteiger charge is -2.35. The third kappa shape index (κ3) is 3.88. The van der Waals surface area contributed by atoms with Gasteiger partial charge in [0, 0.05) is 14.9 Å². The van der Waals surface area contributed by atoms with Crippen LogP contribution in [0.3, 0.4) is 0 Å². The van der Waals surface area contributed by atoms with Crippen LogP contribution in [0.1, 0.15) is 42.5 Å². The number of carbonyl (C=O) groups excluding carboxylic acids is 1. The molecule has 0 atom stereocenters. The molecule has 1 aliphatic carbocycles. The van der Waals surface area contributed by atoms with Gasteiger partial charge in [0.1, 0.15) is 0 Å². The summed E-state index contributed by atoms with van der Waals surface area (Å²) in [6.07, 6.45) is 8.54. The van der Waals surface area contributed by atoms with Crippen molar-refractivity contribution in [1.29, 1.82) is 0 Å². The van der Waals surface area contributed by atoms with Crippen LogP contribution in [-0.2, 0) is 0 Å². The Morgan fingerprint density at radius 3 is 2.63 bits per heavy atom. The second-order valence-corrected chi connectivity index (χ2v) is 7.55. The van der Waals surface area contributed by atoms with Gasteiger partial charge in [-0.15, -0.1) is 0 Å². The van der Waals surface area contributed by atoms with E-state index in [1.165, 1.54) is 32.1 Å². The Morgan fingerprint density at radius 1 is 1.32 bits per heavy atom. The van der Waals surface area contributed by atoms with Gasteiger partial charge in [-0.05, 0) is 53.8 Å². The molecule has 0 unspecified atom stereocenters. The molecule has 1 N–H and O–H groups in total. The van der Waals surface area contributed by atoms with Gasteiger partial charge in [-0.1, -0.05) is 31.4 Å². The number of hydrogen-bond acceptors (Lipinski definition) is 2. The third-order valence-electron chi connectivity index (χ3n) is 3.89. The summed E-state index contributed by atoms with van der Waals surface area (Å²) in [4.78, 5) is 12.2. The first-order valence-corrected chi connectivity index (χ1v) is 9.05. The normalized spacial score (nSPS) is 18.0. The summed E-state index contributed by atoms with van der Waals surface area (Å²) in [6.45, 7) is 0.790. The molecule has 0 spiro atoms. The number of halogens is 1. The van der Waals surface area contributed by atoms with Gasteiger partial charge >= 0.3 is 0 Å². The maximum atomic E-state index is 12.2. The molecule has 1 aliphatic rings. The fourth-order valence-electron chi connectivity index (χ4n) is 2.63. The molecule has 0 heterocycles. The van der Waals surface area contributed by atoms with Crippen LogP contribution in [0.25, 0.3) is 0 Å². The van der Waals surface area contributed by atoms with E-state index in [0.717, 1.165) is 15.7 Å². The van der Waals surface area contributed by atoms with E-state index in [9.17, 15) is 4.79 Å². The predicted octanol–water partition coefficient (Wildman–Crippen LogP) is 4.09. The van der Waals surface area contributed by atoms with E-state index in [0.29, 0.717) is 0 Å². The van der Waals surface area contributed by atoms with Crippen molar-refractivity contribution in [3.05, 3.63) is 33.4 Å². The van der Waals surface area contributed by atoms with Gasteiger partial charge in [0.2, 0.25) is 0 Å². The number of hydrogen-bond donors (Lipinski definition) is 1. The van der Waals surface area contributed by atoms with Crippen LogP contribution in [0.2, 0.25) is 0 Å². The average molecular weight is 389 g/mol. The number of amides is 1. The summed E-state index contributed by atoms with van der Waals surface area (Å²) in [5, 5.41) is 3.14. The monoisotopic (exact) mass is 389 g/mol. The van der Waals surface area contributed by atoms with Crippen LogP contribution >= 0.6 is 34.4 Å². The minimum atomic E-state index is 0.0593. The van der Waals surface area contributed by atoms with Crippen LogP contribution < -0.4 is 5.32 Å². The quantitative estimate of drug-likeness (QED) is 0.787. The van der Waals surface area contributed by atoms with Crippen LogP contribution in [0.5, 0.6) is 0 Å². The molecule has 1 saturated carbocycles. The zero-order valence-electron chi connectivity index (χ0n) is 11.2. The molecule has 19 heavy (non-hydrogen) atoms. The number of carbonyl (C=O) groups is 1. The summed E-state index contributed by atoms with van der Waals surface area (Å²) in [7, 11) is 0. The van der Waals surface area contributed by atoms with Gasteiger partial charge in [0.05, 0.1) is 5.56 Å². The van der Waals surface area contributed by atoms with E-state index >= 15 is 0 Å². The van der Waals surface area contributed by atoms with Crippen molar-refractivity contribution >= 4 is 40.3 Å². The molecule has 2 nitrogen and oxygen atoms in total. The van der Waals surface area contributed by atoms with Gasteiger partial charge in [0.25, 0.3) is 5.91 Å².